The Morgan fingerprint density at radius 1 is 1.18 bits per heavy atom. The van der Waals surface area contributed by atoms with Crippen molar-refractivity contribution in [1.29, 1.82) is 0 Å². The normalized spacial score (nSPS) is 16.4. The summed E-state index contributed by atoms with van der Waals surface area (Å²) >= 11 is 1.59. The monoisotopic (exact) mass is 392 g/mol. The minimum absolute atomic E-state index is 0.0325. The molecule has 0 radical (unpaired) electrons. The molecule has 1 aromatic heterocycles. The number of nitrogens with zero attached hydrogens (tertiary/aromatic N) is 1. The van der Waals surface area contributed by atoms with Crippen LogP contribution in [0, 0.1) is 6.92 Å². The molecule has 2 heterocycles. The van der Waals surface area contributed by atoms with Crippen molar-refractivity contribution >= 4 is 35.0 Å². The van der Waals surface area contributed by atoms with Crippen LogP contribution in [0.25, 0.3) is 0 Å². The van der Waals surface area contributed by atoms with Gasteiger partial charge in [0, 0.05) is 17.0 Å². The first-order chi connectivity index (χ1) is 13.6. The second kappa shape index (κ2) is 7.94. The first kappa shape index (κ1) is 18.4. The van der Waals surface area contributed by atoms with Gasteiger partial charge in [-0.05, 0) is 48.9 Å². The van der Waals surface area contributed by atoms with Gasteiger partial charge in [0.05, 0.1) is 17.2 Å². The molecule has 0 spiro atoms. The summed E-state index contributed by atoms with van der Waals surface area (Å²) in [5.74, 6) is 0.438. The molecule has 0 bridgehead atoms. The minimum atomic E-state index is -0.227. The summed E-state index contributed by atoms with van der Waals surface area (Å²) in [6.07, 6.45) is 1.88. The van der Waals surface area contributed by atoms with Gasteiger partial charge in [0.1, 0.15) is 12.3 Å². The summed E-state index contributed by atoms with van der Waals surface area (Å²) in [6.45, 7) is 1.94. The Morgan fingerprint density at radius 3 is 2.82 bits per heavy atom. The molecular weight excluding hydrogens is 372 g/mol. The number of hydrogen-bond donors (Lipinski definition) is 1. The van der Waals surface area contributed by atoms with Gasteiger partial charge in [-0.2, -0.15) is 0 Å². The lowest BCUT2D eigenvalue weighted by Gasteiger charge is -2.22. The van der Waals surface area contributed by atoms with Gasteiger partial charge in [0.15, 0.2) is 0 Å². The van der Waals surface area contributed by atoms with E-state index < -0.39 is 0 Å². The number of anilines is 2. The zero-order valence-electron chi connectivity index (χ0n) is 15.4. The molecule has 1 aliphatic rings. The molecule has 0 fully saturated rings. The summed E-state index contributed by atoms with van der Waals surface area (Å²) in [5.41, 5.74) is 2.54. The van der Waals surface area contributed by atoms with Crippen LogP contribution < -0.4 is 10.2 Å². The van der Waals surface area contributed by atoms with E-state index in [1.807, 2.05) is 67.6 Å². The number of furan rings is 1. The number of nitrogens with one attached hydrogen (secondary N) is 1. The lowest BCUT2D eigenvalue weighted by Crippen LogP contribution is -2.38. The van der Waals surface area contributed by atoms with E-state index in [1.54, 1.807) is 22.9 Å². The number of hydrogen-bond acceptors (Lipinski definition) is 4. The Balaban J connectivity index is 1.58. The Labute approximate surface area is 167 Å². The summed E-state index contributed by atoms with van der Waals surface area (Å²) in [7, 11) is 0. The van der Waals surface area contributed by atoms with Crippen LogP contribution in [0.5, 0.6) is 0 Å². The minimum Gasteiger partial charge on any atom is -0.468 e. The van der Waals surface area contributed by atoms with Crippen molar-refractivity contribution in [1.82, 2.24) is 0 Å². The average Bonchev–Trinajstić information content (AvgIpc) is 3.16. The fraction of sp³-hybridized carbons (Fsp3) is 0.182. The molecule has 0 saturated heterocycles. The van der Waals surface area contributed by atoms with E-state index in [4.69, 9.17) is 4.42 Å². The van der Waals surface area contributed by atoms with Crippen LogP contribution in [-0.2, 0) is 9.59 Å². The zero-order chi connectivity index (χ0) is 19.5. The van der Waals surface area contributed by atoms with E-state index in [0.717, 1.165) is 27.6 Å². The molecule has 1 atom stereocenters. The fourth-order valence-electron chi connectivity index (χ4n) is 3.25. The van der Waals surface area contributed by atoms with Crippen molar-refractivity contribution in [2.75, 3.05) is 16.8 Å². The van der Waals surface area contributed by atoms with Gasteiger partial charge in [-0.25, -0.2) is 0 Å². The molecule has 0 saturated carbocycles. The molecule has 6 heteroatoms. The number of benzene rings is 2. The number of carbonyl (C=O) groups is 2. The molecule has 1 aliphatic heterocycles. The molecule has 2 aromatic carbocycles. The van der Waals surface area contributed by atoms with Crippen molar-refractivity contribution in [3.63, 3.8) is 0 Å². The maximum absolute atomic E-state index is 13.0. The van der Waals surface area contributed by atoms with Gasteiger partial charge in [0.25, 0.3) is 0 Å². The van der Waals surface area contributed by atoms with Crippen molar-refractivity contribution in [3.8, 4) is 0 Å². The SMILES string of the molecule is Cc1cccc(NC(=O)CN2C(=O)C[C@@H](c3ccco3)Sc3ccccc32)c1. The van der Waals surface area contributed by atoms with Gasteiger partial charge in [-0.3, -0.25) is 9.59 Å². The molecule has 4 rings (SSSR count). The van der Waals surface area contributed by atoms with Crippen LogP contribution in [0.4, 0.5) is 11.4 Å². The van der Waals surface area contributed by atoms with Gasteiger partial charge < -0.3 is 14.6 Å². The number of rotatable bonds is 4. The summed E-state index contributed by atoms with van der Waals surface area (Å²) in [4.78, 5) is 28.2. The summed E-state index contributed by atoms with van der Waals surface area (Å²) in [6, 6.07) is 19.0. The van der Waals surface area contributed by atoms with Gasteiger partial charge in [-0.1, -0.05) is 24.3 Å². The van der Waals surface area contributed by atoms with Crippen LogP contribution in [0.1, 0.15) is 23.0 Å². The predicted octanol–water partition coefficient (Wildman–Crippen LogP) is 4.80. The van der Waals surface area contributed by atoms with E-state index in [0.29, 0.717) is 0 Å². The van der Waals surface area contributed by atoms with Gasteiger partial charge in [-0.15, -0.1) is 11.8 Å². The molecule has 0 aliphatic carbocycles. The highest BCUT2D eigenvalue weighted by Crippen LogP contribution is 2.45. The third kappa shape index (κ3) is 3.97. The second-order valence-electron chi connectivity index (χ2n) is 6.69. The Bertz CT molecular complexity index is 1000. The number of amides is 2. The maximum Gasteiger partial charge on any atom is 0.244 e. The number of carbonyl (C=O) groups excluding carboxylic acids is 2. The highest BCUT2D eigenvalue weighted by Gasteiger charge is 2.31. The van der Waals surface area contributed by atoms with E-state index >= 15 is 0 Å². The zero-order valence-corrected chi connectivity index (χ0v) is 16.2. The number of fused-ring (bicyclic) bond motifs is 1. The molecule has 0 unspecified atom stereocenters. The lowest BCUT2D eigenvalue weighted by atomic mass is 10.2. The molecule has 1 N–H and O–H groups in total. The Hall–Kier alpha value is -2.99. The number of aryl methyl sites for hydroxylation is 1. The topological polar surface area (TPSA) is 62.6 Å². The number of thioether (sulfide) groups is 1. The highest BCUT2D eigenvalue weighted by molar-refractivity contribution is 7.99. The van der Waals surface area contributed by atoms with Crippen LogP contribution in [0.2, 0.25) is 0 Å². The van der Waals surface area contributed by atoms with Gasteiger partial charge in [0.2, 0.25) is 11.8 Å². The maximum atomic E-state index is 13.0. The van der Waals surface area contributed by atoms with Gasteiger partial charge >= 0.3 is 0 Å². The molecule has 5 nitrogen and oxygen atoms in total. The van der Waals surface area contributed by atoms with E-state index in [-0.39, 0.29) is 30.0 Å². The van der Waals surface area contributed by atoms with Crippen molar-refractivity contribution < 1.29 is 14.0 Å². The van der Waals surface area contributed by atoms with Crippen molar-refractivity contribution in [3.05, 3.63) is 78.3 Å². The average molecular weight is 392 g/mol. The third-order valence-corrected chi connectivity index (χ3v) is 5.83. The Morgan fingerprint density at radius 2 is 2.04 bits per heavy atom. The largest absolute Gasteiger partial charge is 0.468 e. The molecule has 3 aromatic rings. The molecular formula is C22H20N2O3S. The lowest BCUT2D eigenvalue weighted by molar-refractivity contribution is -0.121. The van der Waals surface area contributed by atoms with E-state index in [9.17, 15) is 9.59 Å². The first-order valence-electron chi connectivity index (χ1n) is 9.06. The van der Waals surface area contributed by atoms with Crippen LogP contribution in [0.15, 0.2) is 76.2 Å². The van der Waals surface area contributed by atoms with Crippen LogP contribution in [0.3, 0.4) is 0 Å². The molecule has 2 amide bonds. The van der Waals surface area contributed by atoms with Crippen LogP contribution in [-0.4, -0.2) is 18.4 Å². The molecule has 28 heavy (non-hydrogen) atoms. The third-order valence-electron chi connectivity index (χ3n) is 4.55. The summed E-state index contributed by atoms with van der Waals surface area (Å²) in [5, 5.41) is 2.77. The quantitative estimate of drug-likeness (QED) is 0.693. The standard InChI is InChI=1S/C22H20N2O3S/c1-15-6-4-7-16(12-15)23-21(25)14-24-17-8-2-3-10-19(17)28-20(13-22(24)26)18-9-5-11-27-18/h2-12,20H,13-14H2,1H3,(H,23,25)/t20-/m0/s1. The smallest absolute Gasteiger partial charge is 0.244 e. The molecule has 142 valence electrons. The Kier molecular flexibility index (Phi) is 5.21. The van der Waals surface area contributed by atoms with E-state index in [1.165, 1.54) is 0 Å². The van der Waals surface area contributed by atoms with Crippen molar-refractivity contribution in [2.45, 2.75) is 23.5 Å². The predicted molar refractivity (Wildman–Crippen MR) is 111 cm³/mol. The fourth-order valence-corrected chi connectivity index (χ4v) is 4.49. The summed E-state index contributed by atoms with van der Waals surface area (Å²) < 4.78 is 5.53. The first-order valence-corrected chi connectivity index (χ1v) is 9.94. The highest BCUT2D eigenvalue weighted by atomic mass is 32.2. The van der Waals surface area contributed by atoms with Crippen molar-refractivity contribution in [2.24, 2.45) is 0 Å². The van der Waals surface area contributed by atoms with Crippen LogP contribution >= 0.6 is 11.8 Å². The second-order valence-corrected chi connectivity index (χ2v) is 7.94. The number of para-hydroxylation sites is 1. The van der Waals surface area contributed by atoms with E-state index in [2.05, 4.69) is 5.32 Å².